The van der Waals surface area contributed by atoms with Gasteiger partial charge in [0, 0.05) is 20.3 Å². The molecule has 5 nitrogen and oxygen atoms in total. The van der Waals surface area contributed by atoms with Gasteiger partial charge in [-0.15, -0.1) is 0 Å². The minimum absolute atomic E-state index is 0.178. The molecule has 0 radical (unpaired) electrons. The van der Waals surface area contributed by atoms with Crippen molar-refractivity contribution in [1.29, 1.82) is 0 Å². The van der Waals surface area contributed by atoms with Gasteiger partial charge in [0.05, 0.1) is 6.26 Å². The highest BCUT2D eigenvalue weighted by molar-refractivity contribution is 5.66. The first-order chi connectivity index (χ1) is 7.08. The molecule has 1 aliphatic heterocycles. The van der Waals surface area contributed by atoms with Crippen LogP contribution < -0.4 is 0 Å². The zero-order valence-corrected chi connectivity index (χ0v) is 8.76. The van der Waals surface area contributed by atoms with Gasteiger partial charge < -0.3 is 14.2 Å². The summed E-state index contributed by atoms with van der Waals surface area (Å²) in [4.78, 5) is 21.3. The fourth-order valence-corrected chi connectivity index (χ4v) is 1.26. The Bertz CT molecular complexity index is 271. The van der Waals surface area contributed by atoms with Gasteiger partial charge in [0.1, 0.15) is 18.8 Å². The highest BCUT2D eigenvalue weighted by atomic mass is 16.6. The third-order valence-electron chi connectivity index (χ3n) is 1.85. The molecule has 1 heterocycles. The maximum atomic E-state index is 10.7. The van der Waals surface area contributed by atoms with E-state index in [0.29, 0.717) is 6.42 Å². The summed E-state index contributed by atoms with van der Waals surface area (Å²) in [7, 11) is 0. The molecule has 0 bridgehead atoms. The van der Waals surface area contributed by atoms with Crippen molar-refractivity contribution in [2.75, 3.05) is 6.61 Å². The molecule has 0 aromatic carbocycles. The topological polar surface area (TPSA) is 61.8 Å². The van der Waals surface area contributed by atoms with Crippen LogP contribution in [0.2, 0.25) is 0 Å². The van der Waals surface area contributed by atoms with Gasteiger partial charge in [0.15, 0.2) is 0 Å². The standard InChI is InChI=1S/C10H14O5/c1-7(11)14-6-10-5-9(3-4-13-10)15-8(2)12/h3-4,9-10H,5-6H2,1-2H3. The minimum atomic E-state index is -0.350. The van der Waals surface area contributed by atoms with E-state index in [2.05, 4.69) is 0 Å². The maximum Gasteiger partial charge on any atom is 0.303 e. The van der Waals surface area contributed by atoms with Crippen molar-refractivity contribution in [3.8, 4) is 0 Å². The molecule has 0 saturated carbocycles. The summed E-state index contributed by atoms with van der Waals surface area (Å²) in [6, 6.07) is 0. The number of rotatable bonds is 3. The smallest absolute Gasteiger partial charge is 0.303 e. The predicted molar refractivity (Wildman–Crippen MR) is 50.8 cm³/mol. The minimum Gasteiger partial charge on any atom is -0.495 e. The van der Waals surface area contributed by atoms with Crippen LogP contribution in [-0.4, -0.2) is 30.8 Å². The lowest BCUT2D eigenvalue weighted by Gasteiger charge is -2.24. The summed E-state index contributed by atoms with van der Waals surface area (Å²) >= 11 is 0. The Morgan fingerprint density at radius 1 is 1.40 bits per heavy atom. The summed E-state index contributed by atoms with van der Waals surface area (Å²) in [5.74, 6) is -0.685. The Morgan fingerprint density at radius 3 is 2.73 bits per heavy atom. The van der Waals surface area contributed by atoms with Crippen molar-refractivity contribution in [1.82, 2.24) is 0 Å². The van der Waals surface area contributed by atoms with E-state index in [1.54, 1.807) is 6.08 Å². The van der Waals surface area contributed by atoms with Crippen LogP contribution in [0.25, 0.3) is 0 Å². The second-order valence-electron chi connectivity index (χ2n) is 3.27. The van der Waals surface area contributed by atoms with Crippen LogP contribution in [0.1, 0.15) is 20.3 Å². The molecule has 0 amide bonds. The summed E-state index contributed by atoms with van der Waals surface area (Å²) in [5.41, 5.74) is 0. The van der Waals surface area contributed by atoms with Gasteiger partial charge in [-0.3, -0.25) is 9.59 Å². The van der Waals surface area contributed by atoms with Gasteiger partial charge in [-0.05, 0) is 6.08 Å². The number of carbonyl (C=O) groups is 2. The molecule has 0 aromatic heterocycles. The van der Waals surface area contributed by atoms with E-state index in [1.807, 2.05) is 0 Å². The maximum absolute atomic E-state index is 10.7. The summed E-state index contributed by atoms with van der Waals surface area (Å²) in [6.45, 7) is 2.87. The van der Waals surface area contributed by atoms with E-state index in [1.165, 1.54) is 20.1 Å². The predicted octanol–water partition coefficient (Wildman–Crippen LogP) is 0.784. The molecule has 84 valence electrons. The molecule has 0 aromatic rings. The van der Waals surface area contributed by atoms with Crippen molar-refractivity contribution in [2.24, 2.45) is 0 Å². The molecule has 15 heavy (non-hydrogen) atoms. The highest BCUT2D eigenvalue weighted by Gasteiger charge is 2.22. The van der Waals surface area contributed by atoms with Crippen LogP contribution in [0.15, 0.2) is 12.3 Å². The molecule has 2 atom stereocenters. The number of hydrogen-bond acceptors (Lipinski definition) is 5. The zero-order valence-electron chi connectivity index (χ0n) is 8.76. The average Bonchev–Trinajstić information content (AvgIpc) is 2.14. The third-order valence-corrected chi connectivity index (χ3v) is 1.85. The van der Waals surface area contributed by atoms with Crippen LogP contribution in [0.4, 0.5) is 0 Å². The van der Waals surface area contributed by atoms with Crippen molar-refractivity contribution in [3.05, 3.63) is 12.3 Å². The van der Waals surface area contributed by atoms with Gasteiger partial charge in [-0.2, -0.15) is 0 Å². The van der Waals surface area contributed by atoms with Gasteiger partial charge in [0.25, 0.3) is 0 Å². The molecule has 2 unspecified atom stereocenters. The number of ether oxygens (including phenoxy) is 3. The molecule has 0 saturated heterocycles. The molecule has 0 fully saturated rings. The Labute approximate surface area is 88.0 Å². The number of carbonyl (C=O) groups excluding carboxylic acids is 2. The van der Waals surface area contributed by atoms with Crippen LogP contribution in [-0.2, 0) is 23.8 Å². The molecule has 5 heteroatoms. The normalized spacial score (nSPS) is 24.1. The Hall–Kier alpha value is -1.52. The fraction of sp³-hybridized carbons (Fsp3) is 0.600. The lowest BCUT2D eigenvalue weighted by atomic mass is 10.1. The van der Waals surface area contributed by atoms with Crippen LogP contribution in [0.3, 0.4) is 0 Å². The van der Waals surface area contributed by atoms with Gasteiger partial charge in [-0.25, -0.2) is 0 Å². The lowest BCUT2D eigenvalue weighted by Crippen LogP contribution is -2.29. The number of esters is 2. The molecule has 1 aliphatic rings. The monoisotopic (exact) mass is 214 g/mol. The SMILES string of the molecule is CC(=O)OCC1CC(OC(C)=O)C=CO1. The van der Waals surface area contributed by atoms with E-state index in [9.17, 15) is 9.59 Å². The van der Waals surface area contributed by atoms with E-state index in [-0.39, 0.29) is 30.8 Å². The van der Waals surface area contributed by atoms with Crippen molar-refractivity contribution < 1.29 is 23.8 Å². The van der Waals surface area contributed by atoms with Gasteiger partial charge in [0.2, 0.25) is 0 Å². The fourth-order valence-electron chi connectivity index (χ4n) is 1.26. The van der Waals surface area contributed by atoms with Crippen LogP contribution in [0.5, 0.6) is 0 Å². The first-order valence-electron chi connectivity index (χ1n) is 4.70. The summed E-state index contributed by atoms with van der Waals surface area (Å²) in [5, 5.41) is 0. The van der Waals surface area contributed by atoms with Gasteiger partial charge >= 0.3 is 11.9 Å². The Kier molecular flexibility index (Phi) is 4.15. The second-order valence-corrected chi connectivity index (χ2v) is 3.27. The molecule has 0 N–H and O–H groups in total. The Balaban J connectivity index is 2.35. The summed E-state index contributed by atoms with van der Waals surface area (Å²) in [6.07, 6.45) is 3.08. The highest BCUT2D eigenvalue weighted by Crippen LogP contribution is 2.14. The Morgan fingerprint density at radius 2 is 2.13 bits per heavy atom. The van der Waals surface area contributed by atoms with Crippen molar-refractivity contribution in [3.63, 3.8) is 0 Å². The second kappa shape index (κ2) is 5.38. The molecule has 0 spiro atoms. The number of hydrogen-bond donors (Lipinski definition) is 0. The zero-order chi connectivity index (χ0) is 11.3. The molecular formula is C10H14O5. The molecule has 1 rings (SSSR count). The average molecular weight is 214 g/mol. The van der Waals surface area contributed by atoms with Crippen molar-refractivity contribution >= 4 is 11.9 Å². The van der Waals surface area contributed by atoms with Crippen molar-refractivity contribution in [2.45, 2.75) is 32.5 Å². The van der Waals surface area contributed by atoms with Crippen LogP contribution in [0, 0.1) is 0 Å². The van der Waals surface area contributed by atoms with E-state index >= 15 is 0 Å². The first-order valence-corrected chi connectivity index (χ1v) is 4.70. The van der Waals surface area contributed by atoms with Crippen LogP contribution >= 0.6 is 0 Å². The van der Waals surface area contributed by atoms with Gasteiger partial charge in [-0.1, -0.05) is 0 Å². The molecule has 0 aliphatic carbocycles. The largest absolute Gasteiger partial charge is 0.495 e. The first kappa shape index (κ1) is 11.6. The summed E-state index contributed by atoms with van der Waals surface area (Å²) < 4.78 is 15.0. The third kappa shape index (κ3) is 4.49. The molecular weight excluding hydrogens is 200 g/mol. The lowest BCUT2D eigenvalue weighted by molar-refractivity contribution is -0.150. The van der Waals surface area contributed by atoms with E-state index in [4.69, 9.17) is 14.2 Å². The van der Waals surface area contributed by atoms with E-state index in [0.717, 1.165) is 0 Å². The quantitative estimate of drug-likeness (QED) is 0.650. The van der Waals surface area contributed by atoms with E-state index < -0.39 is 0 Å².